The van der Waals surface area contributed by atoms with Gasteiger partial charge in [0.1, 0.15) is 0 Å². The molecule has 0 aromatic heterocycles. The van der Waals surface area contributed by atoms with Gasteiger partial charge in [-0.2, -0.15) is 35.1 Å². The van der Waals surface area contributed by atoms with Gasteiger partial charge >= 0.3 is 30.1 Å². The lowest BCUT2D eigenvalue weighted by atomic mass is 9.97. The van der Waals surface area contributed by atoms with Crippen molar-refractivity contribution < 1.29 is 48.7 Å². The lowest BCUT2D eigenvalue weighted by Crippen LogP contribution is -2.64. The van der Waals surface area contributed by atoms with Crippen LogP contribution in [0.5, 0.6) is 0 Å². The second-order valence-corrected chi connectivity index (χ2v) is 5.25. The molecule has 0 saturated heterocycles. The molecule has 0 aliphatic rings. The zero-order chi connectivity index (χ0) is 18.0. The van der Waals surface area contributed by atoms with Gasteiger partial charge in [0.25, 0.3) is 0 Å². The van der Waals surface area contributed by atoms with E-state index < -0.39 is 47.4 Å². The molecule has 0 aliphatic heterocycles. The summed E-state index contributed by atoms with van der Waals surface area (Å²) in [6.07, 6.45) is -7.49. The van der Waals surface area contributed by atoms with Gasteiger partial charge in [-0.3, -0.25) is 4.79 Å². The standard InChI is InChI=1S/C10H10F10OS/c1-2-5(21)22-4-3-7(13,14)9(17,18)10(19,20)8(15,16)6(11)12/h6H,2-4H2,1H3. The highest BCUT2D eigenvalue weighted by molar-refractivity contribution is 8.13. The van der Waals surface area contributed by atoms with Crippen LogP contribution in [-0.4, -0.2) is 41.0 Å². The first-order valence-corrected chi connectivity index (χ1v) is 6.58. The highest BCUT2D eigenvalue weighted by Gasteiger charge is 2.82. The predicted octanol–water partition coefficient (Wildman–Crippen LogP) is 4.85. The summed E-state index contributed by atoms with van der Waals surface area (Å²) in [5.74, 6) is -27.1. The summed E-state index contributed by atoms with van der Waals surface area (Å²) in [7, 11) is 0. The van der Waals surface area contributed by atoms with Gasteiger partial charge in [0.05, 0.1) is 0 Å². The van der Waals surface area contributed by atoms with E-state index in [0.29, 0.717) is 0 Å². The summed E-state index contributed by atoms with van der Waals surface area (Å²) in [5, 5.41) is -0.719. The van der Waals surface area contributed by atoms with E-state index in [1.165, 1.54) is 6.92 Å². The van der Waals surface area contributed by atoms with Gasteiger partial charge in [0.2, 0.25) is 0 Å². The quantitative estimate of drug-likeness (QED) is 0.570. The minimum atomic E-state index is -6.98. The van der Waals surface area contributed by atoms with Gasteiger partial charge in [0.15, 0.2) is 5.12 Å². The van der Waals surface area contributed by atoms with Crippen LogP contribution in [0.3, 0.4) is 0 Å². The van der Waals surface area contributed by atoms with E-state index in [2.05, 4.69) is 0 Å². The Labute approximate surface area is 122 Å². The van der Waals surface area contributed by atoms with E-state index in [4.69, 9.17) is 0 Å². The molecule has 0 heterocycles. The SMILES string of the molecule is CCC(=O)SCCC(F)(F)C(F)(F)C(F)(F)C(F)(F)C(F)F. The van der Waals surface area contributed by atoms with Gasteiger partial charge in [-0.1, -0.05) is 18.7 Å². The van der Waals surface area contributed by atoms with Crippen LogP contribution in [0, 0.1) is 0 Å². The van der Waals surface area contributed by atoms with Crippen LogP contribution < -0.4 is 0 Å². The summed E-state index contributed by atoms with van der Waals surface area (Å²) >= 11 is 0.111. The van der Waals surface area contributed by atoms with E-state index in [0.717, 1.165) is 0 Å². The van der Waals surface area contributed by atoms with Crippen molar-refractivity contribution in [2.45, 2.75) is 49.9 Å². The smallest absolute Gasteiger partial charge is 0.287 e. The van der Waals surface area contributed by atoms with Crippen LogP contribution >= 0.6 is 11.8 Å². The van der Waals surface area contributed by atoms with Crippen molar-refractivity contribution in [1.29, 1.82) is 0 Å². The molecular weight excluding hydrogens is 358 g/mol. The zero-order valence-corrected chi connectivity index (χ0v) is 11.6. The van der Waals surface area contributed by atoms with Crippen LogP contribution in [0.4, 0.5) is 43.9 Å². The fraction of sp³-hybridized carbons (Fsp3) is 0.900. The van der Waals surface area contributed by atoms with E-state index in [1.54, 1.807) is 0 Å². The van der Waals surface area contributed by atoms with Gasteiger partial charge in [-0.05, 0) is 0 Å². The molecular formula is C10H10F10OS. The minimum Gasteiger partial charge on any atom is -0.287 e. The van der Waals surface area contributed by atoms with Crippen molar-refractivity contribution in [3.63, 3.8) is 0 Å². The monoisotopic (exact) mass is 368 g/mol. The van der Waals surface area contributed by atoms with Crippen LogP contribution in [-0.2, 0) is 4.79 Å². The Morgan fingerprint density at radius 3 is 1.77 bits per heavy atom. The number of carbonyl (C=O) groups excluding carboxylic acids is 1. The molecule has 0 rings (SSSR count). The summed E-state index contributed by atoms with van der Waals surface area (Å²) in [6, 6.07) is 0. The number of hydrogen-bond donors (Lipinski definition) is 0. The minimum absolute atomic E-state index is 0.111. The zero-order valence-electron chi connectivity index (χ0n) is 10.8. The summed E-state index contributed by atoms with van der Waals surface area (Å²) in [6.45, 7) is 1.30. The Balaban J connectivity index is 5.28. The van der Waals surface area contributed by atoms with Gasteiger partial charge < -0.3 is 0 Å². The third-order valence-electron chi connectivity index (χ3n) is 2.51. The maximum atomic E-state index is 13.1. The average molecular weight is 368 g/mol. The molecule has 0 aliphatic carbocycles. The molecule has 0 unspecified atom stereocenters. The Morgan fingerprint density at radius 2 is 1.41 bits per heavy atom. The molecule has 0 saturated carbocycles. The topological polar surface area (TPSA) is 17.1 Å². The number of carbonyl (C=O) groups is 1. The van der Waals surface area contributed by atoms with Crippen LogP contribution in [0.25, 0.3) is 0 Å². The number of rotatable bonds is 8. The van der Waals surface area contributed by atoms with E-state index >= 15 is 0 Å². The first-order valence-electron chi connectivity index (χ1n) is 5.60. The molecule has 0 spiro atoms. The first kappa shape index (κ1) is 21.3. The molecule has 22 heavy (non-hydrogen) atoms. The molecule has 0 aromatic rings. The predicted molar refractivity (Wildman–Crippen MR) is 58.2 cm³/mol. The lowest BCUT2D eigenvalue weighted by Gasteiger charge is -2.36. The van der Waals surface area contributed by atoms with Crippen LogP contribution in [0.15, 0.2) is 0 Å². The average Bonchev–Trinajstić information content (AvgIpc) is 2.37. The van der Waals surface area contributed by atoms with E-state index in [9.17, 15) is 48.7 Å². The largest absolute Gasteiger partial charge is 0.384 e. The molecule has 0 aromatic carbocycles. The maximum absolute atomic E-state index is 13.1. The number of alkyl halides is 10. The number of halogens is 10. The number of hydrogen-bond acceptors (Lipinski definition) is 2. The third-order valence-corrected chi connectivity index (χ3v) is 3.53. The highest BCUT2D eigenvalue weighted by Crippen LogP contribution is 2.55. The summed E-state index contributed by atoms with van der Waals surface area (Å²) < 4.78 is 126. The first-order chi connectivity index (χ1) is 9.65. The Kier molecular flexibility index (Phi) is 6.62. The maximum Gasteiger partial charge on any atom is 0.384 e. The van der Waals surface area contributed by atoms with Crippen LogP contribution in [0.2, 0.25) is 0 Å². The molecule has 0 fully saturated rings. The van der Waals surface area contributed by atoms with Gasteiger partial charge in [-0.15, -0.1) is 0 Å². The molecule has 1 nitrogen and oxygen atoms in total. The van der Waals surface area contributed by atoms with Crippen molar-refractivity contribution in [3.8, 4) is 0 Å². The lowest BCUT2D eigenvalue weighted by molar-refractivity contribution is -0.383. The van der Waals surface area contributed by atoms with Crippen molar-refractivity contribution in [3.05, 3.63) is 0 Å². The second-order valence-electron chi connectivity index (χ2n) is 4.10. The van der Waals surface area contributed by atoms with Gasteiger partial charge in [-0.25, -0.2) is 8.78 Å². The van der Waals surface area contributed by atoms with E-state index in [-0.39, 0.29) is 18.2 Å². The van der Waals surface area contributed by atoms with E-state index in [1.807, 2.05) is 0 Å². The number of thioether (sulfide) groups is 1. The summed E-state index contributed by atoms with van der Waals surface area (Å²) in [4.78, 5) is 10.8. The molecule has 0 atom stereocenters. The Morgan fingerprint density at radius 1 is 0.955 bits per heavy atom. The molecule has 0 bridgehead atoms. The molecule has 132 valence electrons. The van der Waals surface area contributed by atoms with Crippen molar-refractivity contribution in [1.82, 2.24) is 0 Å². The molecule has 0 radical (unpaired) electrons. The van der Waals surface area contributed by atoms with Crippen molar-refractivity contribution in [2.24, 2.45) is 0 Å². The van der Waals surface area contributed by atoms with Crippen molar-refractivity contribution in [2.75, 3.05) is 5.75 Å². The highest BCUT2D eigenvalue weighted by atomic mass is 32.2. The van der Waals surface area contributed by atoms with Crippen LogP contribution in [0.1, 0.15) is 19.8 Å². The Bertz CT molecular complexity index is 395. The normalized spacial score (nSPS) is 14.5. The second kappa shape index (κ2) is 6.83. The molecule has 0 N–H and O–H groups in total. The van der Waals surface area contributed by atoms with Gasteiger partial charge in [0, 0.05) is 18.6 Å². The Hall–Kier alpha value is -0.680. The third kappa shape index (κ3) is 3.80. The molecule has 0 amide bonds. The fourth-order valence-corrected chi connectivity index (χ4v) is 1.92. The fourth-order valence-electron chi connectivity index (χ4n) is 1.13. The van der Waals surface area contributed by atoms with Crippen molar-refractivity contribution >= 4 is 16.9 Å². The molecule has 12 heteroatoms. The summed E-state index contributed by atoms with van der Waals surface area (Å²) in [5.41, 5.74) is 0.